The van der Waals surface area contributed by atoms with E-state index in [4.69, 9.17) is 0 Å². The second-order valence-corrected chi connectivity index (χ2v) is 7.94. The molecule has 0 rings (SSSR count). The van der Waals surface area contributed by atoms with E-state index in [1.54, 1.807) is 20.8 Å². The van der Waals surface area contributed by atoms with E-state index < -0.39 is 40.5 Å². The lowest BCUT2D eigenvalue weighted by molar-refractivity contribution is -0.973. The largest absolute Gasteiger partial charge is 0.477 e. The van der Waals surface area contributed by atoms with E-state index in [0.717, 1.165) is 38.5 Å². The summed E-state index contributed by atoms with van der Waals surface area (Å²) in [6, 6.07) is -3.19. The van der Waals surface area contributed by atoms with Crippen LogP contribution in [0.1, 0.15) is 91.9 Å². The first kappa shape index (κ1) is 28.1. The predicted molar refractivity (Wildman–Crippen MR) is 117 cm³/mol. The maximum Gasteiger partial charge on any atom is 0.362 e. The summed E-state index contributed by atoms with van der Waals surface area (Å²) in [4.78, 5) is 36.3. The van der Waals surface area contributed by atoms with Gasteiger partial charge in [0, 0.05) is 19.3 Å². The van der Waals surface area contributed by atoms with Crippen molar-refractivity contribution < 1.29 is 34.2 Å². The first-order valence-electron chi connectivity index (χ1n) is 11.4. The first-order valence-corrected chi connectivity index (χ1v) is 11.4. The van der Waals surface area contributed by atoms with Gasteiger partial charge in [0.25, 0.3) is 0 Å². The average molecular weight is 429 g/mol. The van der Waals surface area contributed by atoms with Crippen LogP contribution in [-0.4, -0.2) is 62.4 Å². The normalized spacial score (nSPS) is 16.7. The number of aliphatic carboxylic acids is 3. The quantitative estimate of drug-likeness (QED) is 0.166. The van der Waals surface area contributed by atoms with Gasteiger partial charge in [-0.15, -0.1) is 0 Å². The van der Waals surface area contributed by atoms with Gasteiger partial charge in [-0.2, -0.15) is 0 Å². The van der Waals surface area contributed by atoms with Gasteiger partial charge in [-0.05, 0) is 32.1 Å². The Morgan fingerprint density at radius 1 is 0.667 bits per heavy atom. The van der Waals surface area contributed by atoms with Gasteiger partial charge in [-0.3, -0.25) is 4.48 Å². The summed E-state index contributed by atoms with van der Waals surface area (Å²) in [7, 11) is 0. The second-order valence-electron chi connectivity index (χ2n) is 7.94. The second kappa shape index (κ2) is 15.0. The number of unbranched alkanes of at least 4 members (excludes halogenated alkanes) is 5. The Labute approximate surface area is 181 Å². The Morgan fingerprint density at radius 3 is 1.43 bits per heavy atom. The summed E-state index contributed by atoms with van der Waals surface area (Å²) >= 11 is 0. The maximum absolute atomic E-state index is 12.1. The number of rotatable bonds is 18. The number of carboxylic acids is 3. The summed E-state index contributed by atoms with van der Waals surface area (Å²) in [5.41, 5.74) is 0. The lowest BCUT2D eigenvalue weighted by atomic mass is 9.94. The van der Waals surface area contributed by atoms with Gasteiger partial charge in [-0.1, -0.05) is 52.7 Å². The van der Waals surface area contributed by atoms with Crippen molar-refractivity contribution in [2.24, 2.45) is 0 Å². The molecular formula is C23H42NO6+. The third-order valence-electron chi connectivity index (χ3n) is 6.07. The third-order valence-corrected chi connectivity index (χ3v) is 6.07. The Hall–Kier alpha value is -1.89. The molecule has 0 aromatic carbocycles. The summed E-state index contributed by atoms with van der Waals surface area (Å²) < 4.78 is -0.414. The predicted octanol–water partition coefficient (Wildman–Crippen LogP) is 4.70. The van der Waals surface area contributed by atoms with Crippen LogP contribution in [0.5, 0.6) is 0 Å². The highest BCUT2D eigenvalue weighted by Gasteiger charge is 2.55. The minimum absolute atomic E-state index is 0.187. The molecule has 0 radical (unpaired) electrons. The number of hydrogen-bond acceptors (Lipinski definition) is 3. The van der Waals surface area contributed by atoms with Crippen LogP contribution in [-0.2, 0) is 14.4 Å². The minimum atomic E-state index is -1.13. The van der Waals surface area contributed by atoms with E-state index >= 15 is 0 Å². The Bertz CT molecular complexity index is 505. The number of hydrogen-bond donors (Lipinski definition) is 3. The molecule has 0 aliphatic carbocycles. The van der Waals surface area contributed by atoms with Crippen LogP contribution in [0.4, 0.5) is 0 Å². The van der Waals surface area contributed by atoms with Gasteiger partial charge in [-0.25, -0.2) is 14.4 Å². The van der Waals surface area contributed by atoms with Crippen LogP contribution in [0.2, 0.25) is 0 Å². The highest BCUT2D eigenvalue weighted by Crippen LogP contribution is 2.32. The van der Waals surface area contributed by atoms with E-state index in [2.05, 4.69) is 19.1 Å². The molecule has 174 valence electrons. The number of nitrogens with zero attached hydrogens (tertiary/aromatic N) is 1. The standard InChI is InChI=1S/C23H41NO6/c1-5-9-10-11-12-13-14-15-16-17-24(18(6-2)21(25)26,19(7-3)22(27)28)20(8-4)23(29)30/h9-10,18-20H,5-8,11-17H2,1-4H3,(H2-,25,26,27,28,29,30)/p+1/b10-9+. The van der Waals surface area contributed by atoms with E-state index in [-0.39, 0.29) is 25.8 Å². The SMILES string of the molecule is CC/C=C/CCCCCCC[N+](C(CC)C(=O)O)(C(CC)C(=O)O)C(CC)C(=O)O. The van der Waals surface area contributed by atoms with Crippen molar-refractivity contribution in [3.05, 3.63) is 12.2 Å². The first-order chi connectivity index (χ1) is 14.2. The maximum atomic E-state index is 12.1. The molecular weight excluding hydrogens is 386 g/mol. The van der Waals surface area contributed by atoms with E-state index in [0.29, 0.717) is 6.42 Å². The zero-order chi connectivity index (χ0) is 23.2. The molecule has 3 atom stereocenters. The number of carboxylic acid groups (broad SMARTS) is 3. The Morgan fingerprint density at radius 2 is 1.07 bits per heavy atom. The van der Waals surface area contributed by atoms with Crippen molar-refractivity contribution in [1.82, 2.24) is 0 Å². The van der Waals surface area contributed by atoms with E-state index in [1.807, 2.05) is 0 Å². The molecule has 0 saturated carbocycles. The molecule has 0 amide bonds. The van der Waals surface area contributed by atoms with Crippen LogP contribution >= 0.6 is 0 Å². The molecule has 0 spiro atoms. The highest BCUT2D eigenvalue weighted by molar-refractivity contribution is 5.78. The molecule has 0 saturated heterocycles. The zero-order valence-electron chi connectivity index (χ0n) is 19.2. The lowest BCUT2D eigenvalue weighted by Gasteiger charge is -2.49. The average Bonchev–Trinajstić information content (AvgIpc) is 2.67. The molecule has 3 N–H and O–H groups in total. The molecule has 7 nitrogen and oxygen atoms in total. The van der Waals surface area contributed by atoms with Gasteiger partial charge in [0.1, 0.15) is 0 Å². The fourth-order valence-corrected chi connectivity index (χ4v) is 4.74. The lowest BCUT2D eigenvalue weighted by Crippen LogP contribution is -2.72. The zero-order valence-corrected chi connectivity index (χ0v) is 19.2. The van der Waals surface area contributed by atoms with Gasteiger partial charge in [0.05, 0.1) is 6.54 Å². The van der Waals surface area contributed by atoms with Crippen molar-refractivity contribution in [2.75, 3.05) is 6.54 Å². The number of allylic oxidation sites excluding steroid dienone is 2. The van der Waals surface area contributed by atoms with E-state index in [1.165, 1.54) is 0 Å². The number of quaternary nitrogens is 1. The van der Waals surface area contributed by atoms with Gasteiger partial charge < -0.3 is 15.3 Å². The van der Waals surface area contributed by atoms with Crippen LogP contribution in [0.3, 0.4) is 0 Å². The monoisotopic (exact) mass is 428 g/mol. The molecule has 0 fully saturated rings. The van der Waals surface area contributed by atoms with Crippen LogP contribution < -0.4 is 0 Å². The molecule has 0 aliphatic heterocycles. The third kappa shape index (κ3) is 7.74. The summed E-state index contributed by atoms with van der Waals surface area (Å²) in [5.74, 6) is -3.38. The molecule has 3 unspecified atom stereocenters. The highest BCUT2D eigenvalue weighted by atomic mass is 16.4. The fraction of sp³-hybridized carbons (Fsp3) is 0.783. The molecule has 7 heteroatoms. The van der Waals surface area contributed by atoms with Crippen molar-refractivity contribution in [1.29, 1.82) is 0 Å². The van der Waals surface area contributed by atoms with Crippen molar-refractivity contribution in [2.45, 2.75) is 110 Å². The van der Waals surface area contributed by atoms with Crippen molar-refractivity contribution >= 4 is 17.9 Å². The van der Waals surface area contributed by atoms with Gasteiger partial charge in [0.2, 0.25) is 0 Å². The van der Waals surface area contributed by atoms with Crippen molar-refractivity contribution in [3.63, 3.8) is 0 Å². The molecule has 0 bridgehead atoms. The van der Waals surface area contributed by atoms with Crippen molar-refractivity contribution in [3.8, 4) is 0 Å². The molecule has 0 aromatic heterocycles. The molecule has 0 aromatic rings. The molecule has 0 heterocycles. The van der Waals surface area contributed by atoms with Crippen LogP contribution in [0, 0.1) is 0 Å². The molecule has 30 heavy (non-hydrogen) atoms. The van der Waals surface area contributed by atoms with Crippen LogP contribution in [0.25, 0.3) is 0 Å². The fourth-order valence-electron chi connectivity index (χ4n) is 4.74. The topological polar surface area (TPSA) is 112 Å². The Balaban J connectivity index is 5.63. The Kier molecular flexibility index (Phi) is 14.0. The number of carbonyl (C=O) groups is 3. The summed E-state index contributed by atoms with van der Waals surface area (Å²) in [6.07, 6.45) is 11.5. The van der Waals surface area contributed by atoms with Crippen LogP contribution in [0.15, 0.2) is 12.2 Å². The minimum Gasteiger partial charge on any atom is -0.477 e. The van der Waals surface area contributed by atoms with E-state index in [9.17, 15) is 29.7 Å². The summed E-state index contributed by atoms with van der Waals surface area (Å²) in [6.45, 7) is 7.43. The molecule has 0 aliphatic rings. The van der Waals surface area contributed by atoms with Gasteiger partial charge in [0.15, 0.2) is 18.1 Å². The summed E-state index contributed by atoms with van der Waals surface area (Å²) in [5, 5.41) is 29.7. The van der Waals surface area contributed by atoms with Gasteiger partial charge >= 0.3 is 17.9 Å². The smallest absolute Gasteiger partial charge is 0.362 e.